The number of hydrogen-bond donors (Lipinski definition) is 0. The van der Waals surface area contributed by atoms with Crippen LogP contribution in [0.1, 0.15) is 6.42 Å². The third-order valence-electron chi connectivity index (χ3n) is 4.97. The number of amides is 1. The van der Waals surface area contributed by atoms with Gasteiger partial charge in [-0.3, -0.25) is 4.90 Å². The van der Waals surface area contributed by atoms with Gasteiger partial charge in [0.25, 0.3) is 0 Å². The lowest BCUT2D eigenvalue weighted by Crippen LogP contribution is -3.00. The molecule has 1 atom stereocenters. The molecule has 2 aromatic carbocycles. The van der Waals surface area contributed by atoms with E-state index in [4.69, 9.17) is 9.47 Å². The minimum absolute atomic E-state index is 0. The molecular weight excluding hydrogens is 432 g/mol. The summed E-state index contributed by atoms with van der Waals surface area (Å²) in [6.45, 7) is 1.36. The molecule has 0 N–H and O–H groups in total. The summed E-state index contributed by atoms with van der Waals surface area (Å²) in [5, 5.41) is 0. The Kier molecular flexibility index (Phi) is 6.88. The summed E-state index contributed by atoms with van der Waals surface area (Å²) in [7, 11) is 1.62. The molecule has 3 aromatic rings. The number of carbonyl (C=O) groups excluding carboxylic acids is 1. The largest absolute Gasteiger partial charge is 1.00 e. The molecule has 1 aliphatic rings. The van der Waals surface area contributed by atoms with E-state index >= 15 is 0 Å². The van der Waals surface area contributed by atoms with E-state index in [9.17, 15) is 4.79 Å². The molecule has 29 heavy (non-hydrogen) atoms. The summed E-state index contributed by atoms with van der Waals surface area (Å²) in [4.78, 5) is 13.9. The number of methoxy groups -OCH3 is 1. The molecule has 1 unspecified atom stereocenters. The molecule has 0 saturated carbocycles. The molecule has 0 bridgehead atoms. The lowest BCUT2D eigenvalue weighted by molar-refractivity contribution is -0.698. The fraction of sp³-hybridized carbons (Fsp3) is 0.217. The number of cyclic esters (lactones) is 1. The number of aryl methyl sites for hydroxylation is 1. The van der Waals surface area contributed by atoms with Gasteiger partial charge in [0, 0.05) is 24.2 Å². The van der Waals surface area contributed by atoms with E-state index in [1.807, 2.05) is 42.5 Å². The second-order valence-electron chi connectivity index (χ2n) is 6.79. The summed E-state index contributed by atoms with van der Waals surface area (Å²) in [6.07, 6.45) is 4.50. The Labute approximate surface area is 181 Å². The Morgan fingerprint density at radius 3 is 2.31 bits per heavy atom. The number of aromatic nitrogens is 1. The number of benzene rings is 2. The van der Waals surface area contributed by atoms with Gasteiger partial charge in [-0.25, -0.2) is 9.36 Å². The van der Waals surface area contributed by atoms with Crippen LogP contribution in [-0.2, 0) is 11.3 Å². The van der Waals surface area contributed by atoms with E-state index in [0.29, 0.717) is 6.54 Å². The standard InChI is InChI=1S/C23H23N2O3.BrH/c1-27-21-9-7-20(8-10-21)25-17-22(28-23(25)26)13-16-24-14-11-19(12-15-24)18-5-3-2-4-6-18;/h2-12,14-15,22H,13,16-17H2,1H3;1H/q+1;/p-1. The van der Waals surface area contributed by atoms with Gasteiger partial charge in [0.15, 0.2) is 18.9 Å². The van der Waals surface area contributed by atoms with Crippen molar-refractivity contribution in [2.75, 3.05) is 18.6 Å². The number of halogens is 1. The highest BCUT2D eigenvalue weighted by Crippen LogP contribution is 2.25. The second-order valence-corrected chi connectivity index (χ2v) is 6.79. The van der Waals surface area contributed by atoms with Gasteiger partial charge in [0.1, 0.15) is 11.9 Å². The van der Waals surface area contributed by atoms with Crippen LogP contribution in [0.15, 0.2) is 79.1 Å². The lowest BCUT2D eigenvalue weighted by atomic mass is 10.1. The maximum absolute atomic E-state index is 12.2. The molecule has 0 spiro atoms. The number of rotatable bonds is 6. The van der Waals surface area contributed by atoms with E-state index in [1.165, 1.54) is 11.1 Å². The summed E-state index contributed by atoms with van der Waals surface area (Å²) >= 11 is 0. The van der Waals surface area contributed by atoms with Gasteiger partial charge in [-0.2, -0.15) is 0 Å². The van der Waals surface area contributed by atoms with E-state index in [0.717, 1.165) is 24.4 Å². The molecule has 1 aliphatic heterocycles. The SMILES string of the molecule is COc1ccc(N2CC(CC[n+]3ccc(-c4ccccc4)cc3)OC2=O)cc1.[Br-]. The van der Waals surface area contributed by atoms with Crippen molar-refractivity contribution >= 4 is 11.8 Å². The van der Waals surface area contributed by atoms with Crippen LogP contribution >= 0.6 is 0 Å². The Balaban J connectivity index is 0.00000240. The quantitative estimate of drug-likeness (QED) is 0.523. The summed E-state index contributed by atoms with van der Waals surface area (Å²) in [6, 6.07) is 22.0. The summed E-state index contributed by atoms with van der Waals surface area (Å²) in [5.74, 6) is 0.767. The molecule has 1 aromatic heterocycles. The van der Waals surface area contributed by atoms with Crippen molar-refractivity contribution < 1.29 is 35.8 Å². The molecule has 5 nitrogen and oxygen atoms in total. The predicted molar refractivity (Wildman–Crippen MR) is 107 cm³/mol. The van der Waals surface area contributed by atoms with Crippen LogP contribution < -0.4 is 31.2 Å². The maximum Gasteiger partial charge on any atom is 0.414 e. The number of hydrogen-bond acceptors (Lipinski definition) is 3. The third-order valence-corrected chi connectivity index (χ3v) is 4.97. The Morgan fingerprint density at radius 1 is 1.00 bits per heavy atom. The number of pyridine rings is 1. The van der Waals surface area contributed by atoms with Crippen molar-refractivity contribution in [3.8, 4) is 16.9 Å². The first-order valence-corrected chi connectivity index (χ1v) is 9.39. The number of anilines is 1. The molecule has 4 rings (SSSR count). The molecule has 150 valence electrons. The first-order chi connectivity index (χ1) is 13.7. The summed E-state index contributed by atoms with van der Waals surface area (Å²) in [5.41, 5.74) is 3.22. The van der Waals surface area contributed by atoms with Gasteiger partial charge in [-0.15, -0.1) is 0 Å². The maximum atomic E-state index is 12.2. The van der Waals surface area contributed by atoms with Crippen molar-refractivity contribution in [3.05, 3.63) is 79.1 Å². The minimum Gasteiger partial charge on any atom is -1.00 e. The highest BCUT2D eigenvalue weighted by molar-refractivity contribution is 5.89. The van der Waals surface area contributed by atoms with Crippen LogP contribution in [0.4, 0.5) is 10.5 Å². The van der Waals surface area contributed by atoms with Crippen LogP contribution in [0.2, 0.25) is 0 Å². The van der Waals surface area contributed by atoms with Gasteiger partial charge in [-0.1, -0.05) is 30.3 Å². The van der Waals surface area contributed by atoms with Crippen LogP contribution in [-0.4, -0.2) is 25.9 Å². The number of ether oxygens (including phenoxy) is 2. The molecule has 1 amide bonds. The normalized spacial score (nSPS) is 15.6. The first kappa shape index (κ1) is 20.9. The average molecular weight is 455 g/mol. The number of carbonyl (C=O) groups is 1. The zero-order chi connectivity index (χ0) is 19.3. The molecule has 2 heterocycles. The van der Waals surface area contributed by atoms with Crippen LogP contribution in [0.3, 0.4) is 0 Å². The Bertz CT molecular complexity index is 931. The lowest BCUT2D eigenvalue weighted by Gasteiger charge is -2.13. The molecule has 1 fully saturated rings. The second kappa shape index (κ2) is 9.56. The molecule has 0 radical (unpaired) electrons. The number of nitrogens with zero attached hydrogens (tertiary/aromatic N) is 2. The Hall–Kier alpha value is -2.86. The van der Waals surface area contributed by atoms with Crippen LogP contribution in [0.5, 0.6) is 5.75 Å². The van der Waals surface area contributed by atoms with Gasteiger partial charge < -0.3 is 26.5 Å². The van der Waals surface area contributed by atoms with Gasteiger partial charge in [0.2, 0.25) is 0 Å². The monoisotopic (exact) mass is 454 g/mol. The smallest absolute Gasteiger partial charge is 0.414 e. The zero-order valence-corrected chi connectivity index (χ0v) is 17.8. The fourth-order valence-corrected chi connectivity index (χ4v) is 3.37. The molecule has 0 aliphatic carbocycles. The average Bonchev–Trinajstić information content (AvgIpc) is 3.14. The van der Waals surface area contributed by atoms with Crippen molar-refractivity contribution in [1.82, 2.24) is 0 Å². The topological polar surface area (TPSA) is 42.7 Å². The van der Waals surface area contributed by atoms with Gasteiger partial charge >= 0.3 is 6.09 Å². The Morgan fingerprint density at radius 2 is 1.66 bits per heavy atom. The van der Waals surface area contributed by atoms with E-state index in [1.54, 1.807) is 12.0 Å². The highest BCUT2D eigenvalue weighted by atomic mass is 79.9. The van der Waals surface area contributed by atoms with Gasteiger partial charge in [0.05, 0.1) is 13.7 Å². The zero-order valence-electron chi connectivity index (χ0n) is 16.2. The molecular formula is C23H23BrN2O3. The van der Waals surface area contributed by atoms with E-state index in [2.05, 4.69) is 41.2 Å². The fourth-order valence-electron chi connectivity index (χ4n) is 3.37. The van der Waals surface area contributed by atoms with E-state index in [-0.39, 0.29) is 29.2 Å². The predicted octanol–water partition coefficient (Wildman–Crippen LogP) is 1.07. The van der Waals surface area contributed by atoms with E-state index < -0.39 is 0 Å². The first-order valence-electron chi connectivity index (χ1n) is 9.39. The third kappa shape index (κ3) is 4.95. The van der Waals surface area contributed by atoms with Crippen molar-refractivity contribution in [2.45, 2.75) is 19.1 Å². The molecule has 1 saturated heterocycles. The molecule has 6 heteroatoms. The van der Waals surface area contributed by atoms with Crippen LogP contribution in [0, 0.1) is 0 Å². The highest BCUT2D eigenvalue weighted by Gasteiger charge is 2.32. The summed E-state index contributed by atoms with van der Waals surface area (Å²) < 4.78 is 12.8. The van der Waals surface area contributed by atoms with Gasteiger partial charge in [-0.05, 0) is 35.4 Å². The van der Waals surface area contributed by atoms with Crippen molar-refractivity contribution in [2.24, 2.45) is 0 Å². The van der Waals surface area contributed by atoms with Crippen molar-refractivity contribution in [1.29, 1.82) is 0 Å². The van der Waals surface area contributed by atoms with Crippen molar-refractivity contribution in [3.63, 3.8) is 0 Å². The van der Waals surface area contributed by atoms with Crippen LogP contribution in [0.25, 0.3) is 11.1 Å². The minimum atomic E-state index is -0.292.